The molecule has 1 saturated heterocycles. The molecule has 0 aliphatic carbocycles. The minimum absolute atomic E-state index is 0.167. The molecule has 2 aromatic heterocycles. The topological polar surface area (TPSA) is 91.3 Å². The molecule has 0 atom stereocenters. The van der Waals surface area contributed by atoms with Gasteiger partial charge in [-0.3, -0.25) is 19.1 Å². The number of nitrogens with one attached hydrogen (secondary N) is 1. The fourth-order valence-corrected chi connectivity index (χ4v) is 3.90. The van der Waals surface area contributed by atoms with Gasteiger partial charge in [0.25, 0.3) is 11.5 Å². The van der Waals surface area contributed by atoms with E-state index in [1.54, 1.807) is 4.90 Å². The van der Waals surface area contributed by atoms with Crippen molar-refractivity contribution in [2.45, 2.75) is 39.8 Å². The van der Waals surface area contributed by atoms with Crippen LogP contribution in [-0.2, 0) is 6.54 Å². The van der Waals surface area contributed by atoms with Crippen molar-refractivity contribution in [1.29, 1.82) is 0 Å². The quantitative estimate of drug-likeness (QED) is 0.862. The molecule has 1 fully saturated rings. The number of H-pyrrole nitrogens is 1. The van der Waals surface area contributed by atoms with E-state index in [0.29, 0.717) is 37.0 Å². The van der Waals surface area contributed by atoms with E-state index in [1.165, 1.54) is 0 Å². The van der Waals surface area contributed by atoms with Gasteiger partial charge >= 0.3 is 5.69 Å². The molecule has 136 valence electrons. The fourth-order valence-electron chi connectivity index (χ4n) is 3.10. The third kappa shape index (κ3) is 3.25. The van der Waals surface area contributed by atoms with Crippen LogP contribution in [0.25, 0.3) is 11.0 Å². The highest BCUT2D eigenvalue weighted by molar-refractivity contribution is 7.09. The van der Waals surface area contributed by atoms with Crippen LogP contribution in [0.1, 0.15) is 36.9 Å². The maximum atomic E-state index is 12.8. The van der Waals surface area contributed by atoms with Crippen LogP contribution in [0.5, 0.6) is 0 Å². The molecule has 25 heavy (non-hydrogen) atoms. The smallest absolute Gasteiger partial charge is 0.328 e. The van der Waals surface area contributed by atoms with Gasteiger partial charge in [0.1, 0.15) is 4.88 Å². The summed E-state index contributed by atoms with van der Waals surface area (Å²) >= 11 is 0.983. The Morgan fingerprint density at radius 1 is 1.24 bits per heavy atom. The number of hydrogen-bond acceptors (Lipinski definition) is 6. The second-order valence-electron chi connectivity index (χ2n) is 6.54. The molecule has 1 N–H and O–H groups in total. The molecule has 0 radical (unpaired) electrons. The highest BCUT2D eigenvalue weighted by Gasteiger charge is 2.27. The lowest BCUT2D eigenvalue weighted by atomic mass is 10.2. The Kier molecular flexibility index (Phi) is 5.05. The number of carbonyl (C=O) groups is 1. The summed E-state index contributed by atoms with van der Waals surface area (Å²) in [7, 11) is 0. The highest BCUT2D eigenvalue weighted by atomic mass is 32.1. The van der Waals surface area contributed by atoms with Crippen molar-refractivity contribution in [3.8, 4) is 0 Å². The van der Waals surface area contributed by atoms with Crippen LogP contribution in [0, 0.1) is 0 Å². The molecular weight excluding hydrogens is 342 g/mol. The molecule has 0 bridgehead atoms. The number of rotatable bonds is 4. The standard InChI is InChI=1S/C16H23N5O3S/c1-4-5-21-14(22)12-11(17-16(21)24)13(25-18-12)15(23)20-8-6-19(7-9-20)10(2)3/h10H,4-9H2,1-3H3,(H,17,24). The summed E-state index contributed by atoms with van der Waals surface area (Å²) in [6, 6.07) is 0.454. The summed E-state index contributed by atoms with van der Waals surface area (Å²) in [6.45, 7) is 9.41. The van der Waals surface area contributed by atoms with Gasteiger partial charge in [-0.25, -0.2) is 4.79 Å². The van der Waals surface area contributed by atoms with Gasteiger partial charge in [0.05, 0.1) is 5.52 Å². The Morgan fingerprint density at radius 3 is 2.52 bits per heavy atom. The number of amides is 1. The second-order valence-corrected chi connectivity index (χ2v) is 7.32. The van der Waals surface area contributed by atoms with Gasteiger partial charge < -0.3 is 9.88 Å². The average Bonchev–Trinajstić information content (AvgIpc) is 3.01. The van der Waals surface area contributed by atoms with Crippen molar-refractivity contribution in [1.82, 2.24) is 23.7 Å². The van der Waals surface area contributed by atoms with Crippen molar-refractivity contribution < 1.29 is 4.79 Å². The maximum absolute atomic E-state index is 12.8. The normalized spacial score (nSPS) is 16.1. The highest BCUT2D eigenvalue weighted by Crippen LogP contribution is 2.20. The Morgan fingerprint density at radius 2 is 1.92 bits per heavy atom. The molecule has 2 aromatic rings. The molecule has 0 spiro atoms. The second kappa shape index (κ2) is 7.09. The zero-order valence-electron chi connectivity index (χ0n) is 14.7. The van der Waals surface area contributed by atoms with Crippen molar-refractivity contribution in [3.05, 3.63) is 25.7 Å². The Hall–Kier alpha value is -2.00. The molecule has 1 aliphatic rings. The van der Waals surface area contributed by atoms with Gasteiger partial charge in [-0.15, -0.1) is 0 Å². The predicted molar refractivity (Wildman–Crippen MR) is 97.4 cm³/mol. The van der Waals surface area contributed by atoms with Crippen LogP contribution in [0.3, 0.4) is 0 Å². The largest absolute Gasteiger partial charge is 0.335 e. The van der Waals surface area contributed by atoms with Gasteiger partial charge in [0, 0.05) is 38.8 Å². The Labute approximate surface area is 149 Å². The third-order valence-corrected chi connectivity index (χ3v) is 5.43. The molecule has 3 heterocycles. The van der Waals surface area contributed by atoms with Crippen LogP contribution in [-0.4, -0.2) is 61.9 Å². The molecule has 0 unspecified atom stereocenters. The summed E-state index contributed by atoms with van der Waals surface area (Å²) in [5, 5.41) is 0. The zero-order valence-corrected chi connectivity index (χ0v) is 15.6. The molecule has 3 rings (SSSR count). The number of nitrogens with zero attached hydrogens (tertiary/aromatic N) is 4. The van der Waals surface area contributed by atoms with E-state index in [4.69, 9.17) is 0 Å². The lowest BCUT2D eigenvalue weighted by molar-refractivity contribution is 0.0601. The first-order valence-corrected chi connectivity index (χ1v) is 9.37. The van der Waals surface area contributed by atoms with Crippen molar-refractivity contribution in [3.63, 3.8) is 0 Å². The predicted octanol–water partition coefficient (Wildman–Crippen LogP) is 0.722. The number of aromatic amines is 1. The zero-order chi connectivity index (χ0) is 18.1. The van der Waals surface area contributed by atoms with Crippen LogP contribution in [0.2, 0.25) is 0 Å². The molecule has 9 heteroatoms. The van der Waals surface area contributed by atoms with Crippen LogP contribution < -0.4 is 11.2 Å². The number of aromatic nitrogens is 3. The van der Waals surface area contributed by atoms with Gasteiger partial charge in [0.2, 0.25) is 0 Å². The lowest BCUT2D eigenvalue weighted by Crippen LogP contribution is -2.50. The first-order chi connectivity index (χ1) is 11.9. The monoisotopic (exact) mass is 365 g/mol. The van der Waals surface area contributed by atoms with Gasteiger partial charge in [-0.05, 0) is 31.8 Å². The van der Waals surface area contributed by atoms with E-state index in [0.717, 1.165) is 29.2 Å². The number of hydrogen-bond donors (Lipinski definition) is 1. The van der Waals surface area contributed by atoms with Crippen molar-refractivity contribution in [2.75, 3.05) is 26.2 Å². The van der Waals surface area contributed by atoms with Gasteiger partial charge in [-0.1, -0.05) is 6.92 Å². The fraction of sp³-hybridized carbons (Fsp3) is 0.625. The van der Waals surface area contributed by atoms with E-state index in [-0.39, 0.29) is 16.9 Å². The van der Waals surface area contributed by atoms with Crippen LogP contribution in [0.4, 0.5) is 0 Å². The molecule has 0 aromatic carbocycles. The molecular formula is C16H23N5O3S. The lowest BCUT2D eigenvalue weighted by Gasteiger charge is -2.36. The number of carbonyl (C=O) groups excluding carboxylic acids is 1. The third-order valence-electron chi connectivity index (χ3n) is 4.59. The van der Waals surface area contributed by atoms with Gasteiger partial charge in [0.15, 0.2) is 5.52 Å². The van der Waals surface area contributed by atoms with E-state index in [9.17, 15) is 14.4 Å². The Balaban J connectivity index is 1.91. The van der Waals surface area contributed by atoms with Gasteiger partial charge in [-0.2, -0.15) is 4.37 Å². The van der Waals surface area contributed by atoms with E-state index < -0.39 is 11.2 Å². The van der Waals surface area contributed by atoms with Crippen LogP contribution >= 0.6 is 11.5 Å². The number of piperazine rings is 1. The number of fused-ring (bicyclic) bond motifs is 1. The molecule has 1 amide bonds. The first-order valence-electron chi connectivity index (χ1n) is 8.59. The minimum Gasteiger partial charge on any atom is -0.335 e. The van der Waals surface area contributed by atoms with Crippen molar-refractivity contribution in [2.24, 2.45) is 0 Å². The Bertz CT molecular complexity index is 889. The maximum Gasteiger partial charge on any atom is 0.328 e. The summed E-state index contributed by atoms with van der Waals surface area (Å²) < 4.78 is 5.28. The van der Waals surface area contributed by atoms with E-state index in [1.807, 2.05) is 6.92 Å². The molecule has 1 aliphatic heterocycles. The van der Waals surface area contributed by atoms with Crippen LogP contribution in [0.15, 0.2) is 9.59 Å². The van der Waals surface area contributed by atoms with Crippen molar-refractivity contribution >= 4 is 28.5 Å². The SMILES string of the molecule is CCCn1c(=O)[nH]c2c(C(=O)N3CCN(C(C)C)CC3)snc2c1=O. The van der Waals surface area contributed by atoms with E-state index in [2.05, 4.69) is 28.1 Å². The molecule has 8 nitrogen and oxygen atoms in total. The minimum atomic E-state index is -0.488. The van der Waals surface area contributed by atoms with E-state index >= 15 is 0 Å². The average molecular weight is 365 g/mol. The molecule has 0 saturated carbocycles. The summed E-state index contributed by atoms with van der Waals surface area (Å²) in [6.07, 6.45) is 0.671. The summed E-state index contributed by atoms with van der Waals surface area (Å²) in [4.78, 5) is 44.5. The first kappa shape index (κ1) is 17.8. The summed E-state index contributed by atoms with van der Waals surface area (Å²) in [5.41, 5.74) is -0.482. The summed E-state index contributed by atoms with van der Waals surface area (Å²) in [5.74, 6) is -0.167.